The van der Waals surface area contributed by atoms with Crippen LogP contribution in [0.4, 0.5) is 0 Å². The van der Waals surface area contributed by atoms with Gasteiger partial charge in [0.1, 0.15) is 0 Å². The summed E-state index contributed by atoms with van der Waals surface area (Å²) < 4.78 is 0. The van der Waals surface area contributed by atoms with E-state index in [1.807, 2.05) is 0 Å². The zero-order valence-electron chi connectivity index (χ0n) is 21.7. The molecular formula is C37H28Si. The van der Waals surface area contributed by atoms with E-state index in [9.17, 15) is 0 Å². The molecule has 0 atom stereocenters. The molecule has 1 aliphatic heterocycles. The van der Waals surface area contributed by atoms with Gasteiger partial charge in [-0.3, -0.25) is 0 Å². The first-order chi connectivity index (χ1) is 18.6. The molecule has 0 saturated heterocycles. The van der Waals surface area contributed by atoms with Gasteiger partial charge in [-0.05, 0) is 64.9 Å². The lowest BCUT2D eigenvalue weighted by molar-refractivity contribution is 0.666. The van der Waals surface area contributed by atoms with Crippen LogP contribution in [0.25, 0.3) is 33.0 Å². The van der Waals surface area contributed by atoms with Crippen LogP contribution in [0.2, 0.25) is 0 Å². The molecule has 6 aromatic carbocycles. The molecule has 1 heteroatoms. The molecule has 8 rings (SSSR count). The summed E-state index contributed by atoms with van der Waals surface area (Å²) in [4.78, 5) is 0. The Bertz CT molecular complexity index is 1840. The summed E-state index contributed by atoms with van der Waals surface area (Å²) in [5.41, 5.74) is 8.43. The average molecular weight is 501 g/mol. The Morgan fingerprint density at radius 1 is 0.474 bits per heavy atom. The smallest absolute Gasteiger partial charge is 0.0623 e. The Hall–Kier alpha value is -4.20. The van der Waals surface area contributed by atoms with Gasteiger partial charge in [0.05, 0.1) is 0 Å². The van der Waals surface area contributed by atoms with Crippen molar-refractivity contribution in [1.29, 1.82) is 0 Å². The lowest BCUT2D eigenvalue weighted by atomic mass is 9.80. The highest BCUT2D eigenvalue weighted by molar-refractivity contribution is 7.23. The standard InChI is InChI=1S/C37H28Si/c1-37(2)32-19-11-9-17-28(32)30-23-21-25-22-24-31-29-18-10-12-20-33(29)38(26-13-5-3-6-14-26,27-15-7-4-8-16-27)36(31)34(25)35(30)37/h3-24H,1-2H3. The fraction of sp³-hybridized carbons (Fsp3) is 0.0811. The van der Waals surface area contributed by atoms with Crippen molar-refractivity contribution in [2.45, 2.75) is 19.3 Å². The van der Waals surface area contributed by atoms with Crippen LogP contribution in [0, 0.1) is 0 Å². The van der Waals surface area contributed by atoms with E-state index < -0.39 is 8.07 Å². The van der Waals surface area contributed by atoms with Gasteiger partial charge in [-0.25, -0.2) is 0 Å². The van der Waals surface area contributed by atoms with E-state index >= 15 is 0 Å². The zero-order valence-corrected chi connectivity index (χ0v) is 22.7. The van der Waals surface area contributed by atoms with Gasteiger partial charge in [-0.1, -0.05) is 147 Å². The molecule has 0 fully saturated rings. The SMILES string of the molecule is CC1(C)c2ccccc2-c2ccc3ccc4c(c3c21)[Si](c1ccccc1)(c1ccccc1)c1ccccc1-4. The Labute approximate surface area is 225 Å². The predicted molar refractivity (Wildman–Crippen MR) is 164 cm³/mol. The van der Waals surface area contributed by atoms with Crippen molar-refractivity contribution in [2.75, 3.05) is 0 Å². The fourth-order valence-electron chi connectivity index (χ4n) is 7.63. The maximum absolute atomic E-state index is 2.60. The summed E-state index contributed by atoms with van der Waals surface area (Å²) in [6.45, 7) is 4.85. The molecule has 0 aromatic heterocycles. The first-order valence-electron chi connectivity index (χ1n) is 13.5. The van der Waals surface area contributed by atoms with Crippen molar-refractivity contribution in [3.8, 4) is 22.3 Å². The first-order valence-corrected chi connectivity index (χ1v) is 15.5. The molecule has 1 aliphatic carbocycles. The van der Waals surface area contributed by atoms with Gasteiger partial charge in [0.15, 0.2) is 8.07 Å². The summed E-state index contributed by atoms with van der Waals surface area (Å²) in [5, 5.41) is 8.79. The summed E-state index contributed by atoms with van der Waals surface area (Å²) in [5.74, 6) is 0. The minimum Gasteiger partial charge on any atom is -0.0623 e. The highest BCUT2D eigenvalue weighted by Gasteiger charge is 2.51. The Morgan fingerprint density at radius 3 is 1.71 bits per heavy atom. The molecule has 0 radical (unpaired) electrons. The second kappa shape index (κ2) is 7.66. The second-order valence-corrected chi connectivity index (χ2v) is 15.0. The third-order valence-corrected chi connectivity index (χ3v) is 14.0. The zero-order chi connectivity index (χ0) is 25.5. The molecule has 0 amide bonds. The number of hydrogen-bond donors (Lipinski definition) is 0. The average Bonchev–Trinajstić information content (AvgIpc) is 3.41. The lowest BCUT2D eigenvalue weighted by Crippen LogP contribution is -2.73. The molecule has 0 spiro atoms. The Balaban J connectivity index is 1.63. The number of rotatable bonds is 2. The third kappa shape index (κ3) is 2.60. The molecule has 0 unspecified atom stereocenters. The van der Waals surface area contributed by atoms with E-state index in [4.69, 9.17) is 0 Å². The van der Waals surface area contributed by atoms with E-state index in [-0.39, 0.29) is 5.41 Å². The summed E-state index contributed by atoms with van der Waals surface area (Å²) in [7, 11) is -2.60. The van der Waals surface area contributed by atoms with Crippen molar-refractivity contribution in [2.24, 2.45) is 0 Å². The molecule has 2 aliphatic rings. The van der Waals surface area contributed by atoms with Crippen molar-refractivity contribution in [3.63, 3.8) is 0 Å². The summed E-state index contributed by atoms with van der Waals surface area (Å²) in [6.07, 6.45) is 0. The topological polar surface area (TPSA) is 0 Å². The van der Waals surface area contributed by atoms with Crippen molar-refractivity contribution < 1.29 is 0 Å². The van der Waals surface area contributed by atoms with Gasteiger partial charge in [-0.15, -0.1) is 0 Å². The lowest BCUT2D eigenvalue weighted by Gasteiger charge is -2.34. The first kappa shape index (κ1) is 21.8. The molecule has 38 heavy (non-hydrogen) atoms. The van der Waals surface area contributed by atoms with Crippen LogP contribution in [-0.4, -0.2) is 8.07 Å². The highest BCUT2D eigenvalue weighted by atomic mass is 28.3. The molecule has 0 nitrogen and oxygen atoms in total. The van der Waals surface area contributed by atoms with Crippen LogP contribution in [0.15, 0.2) is 133 Å². The quantitative estimate of drug-likeness (QED) is 0.238. The Kier molecular flexibility index (Phi) is 4.40. The van der Waals surface area contributed by atoms with Crippen LogP contribution in [0.1, 0.15) is 25.0 Å². The third-order valence-electron chi connectivity index (χ3n) is 9.11. The van der Waals surface area contributed by atoms with Crippen LogP contribution < -0.4 is 20.7 Å². The van der Waals surface area contributed by atoms with E-state index in [1.165, 1.54) is 59.7 Å². The molecule has 0 saturated carbocycles. The van der Waals surface area contributed by atoms with Crippen molar-refractivity contribution in [1.82, 2.24) is 0 Å². The summed E-state index contributed by atoms with van der Waals surface area (Å²) in [6, 6.07) is 50.5. The Morgan fingerprint density at radius 2 is 1.03 bits per heavy atom. The molecule has 6 aromatic rings. The van der Waals surface area contributed by atoms with Crippen LogP contribution >= 0.6 is 0 Å². The molecule has 0 N–H and O–H groups in total. The highest BCUT2D eigenvalue weighted by Crippen LogP contribution is 2.51. The normalized spacial score (nSPS) is 15.5. The van der Waals surface area contributed by atoms with Gasteiger partial charge < -0.3 is 0 Å². The monoisotopic (exact) mass is 500 g/mol. The van der Waals surface area contributed by atoms with Gasteiger partial charge in [0.25, 0.3) is 0 Å². The summed E-state index contributed by atoms with van der Waals surface area (Å²) >= 11 is 0. The van der Waals surface area contributed by atoms with Crippen molar-refractivity contribution >= 4 is 39.6 Å². The maximum Gasteiger partial charge on any atom is 0.181 e. The number of benzene rings is 6. The molecule has 180 valence electrons. The minimum atomic E-state index is -2.60. The molecular weight excluding hydrogens is 472 g/mol. The van der Waals surface area contributed by atoms with E-state index in [0.717, 1.165) is 0 Å². The number of hydrogen-bond acceptors (Lipinski definition) is 0. The van der Waals surface area contributed by atoms with Crippen LogP contribution in [0.5, 0.6) is 0 Å². The predicted octanol–water partition coefficient (Wildman–Crippen LogP) is 6.50. The van der Waals surface area contributed by atoms with Gasteiger partial charge in [0, 0.05) is 5.41 Å². The van der Waals surface area contributed by atoms with Crippen LogP contribution in [-0.2, 0) is 5.41 Å². The maximum atomic E-state index is 2.42. The minimum absolute atomic E-state index is 0.0805. The largest absolute Gasteiger partial charge is 0.181 e. The van der Waals surface area contributed by atoms with Gasteiger partial charge >= 0.3 is 0 Å². The van der Waals surface area contributed by atoms with Crippen molar-refractivity contribution in [3.05, 3.63) is 145 Å². The van der Waals surface area contributed by atoms with E-state index in [2.05, 4.69) is 147 Å². The fourth-order valence-corrected chi connectivity index (χ4v) is 13.0. The van der Waals surface area contributed by atoms with E-state index in [0.29, 0.717) is 0 Å². The number of fused-ring (bicyclic) bond motifs is 9. The molecule has 0 bridgehead atoms. The van der Waals surface area contributed by atoms with Gasteiger partial charge in [-0.2, -0.15) is 0 Å². The molecule has 1 heterocycles. The second-order valence-electron chi connectivity index (χ2n) is 11.3. The van der Waals surface area contributed by atoms with E-state index in [1.54, 1.807) is 5.19 Å². The van der Waals surface area contributed by atoms with Crippen LogP contribution in [0.3, 0.4) is 0 Å². The van der Waals surface area contributed by atoms with Gasteiger partial charge in [0.2, 0.25) is 0 Å².